The molecule has 0 unspecified atom stereocenters. The average Bonchev–Trinajstić information content (AvgIpc) is 2.61. The van der Waals surface area contributed by atoms with Crippen molar-refractivity contribution in [1.82, 2.24) is 4.98 Å². The molecule has 0 bridgehead atoms. The van der Waals surface area contributed by atoms with E-state index in [0.29, 0.717) is 5.02 Å². The number of aromatic nitrogens is 1. The molecule has 0 saturated heterocycles. The Morgan fingerprint density at radius 2 is 2.04 bits per heavy atom. The first-order valence-electron chi connectivity index (χ1n) is 7.41. The van der Waals surface area contributed by atoms with Gasteiger partial charge in [0.2, 0.25) is 0 Å². The van der Waals surface area contributed by atoms with E-state index in [1.807, 2.05) is 60.7 Å². The summed E-state index contributed by atoms with van der Waals surface area (Å²) in [6.07, 6.45) is 7.20. The van der Waals surface area contributed by atoms with Crippen LogP contribution < -0.4 is 10.2 Å². The van der Waals surface area contributed by atoms with Gasteiger partial charge < -0.3 is 4.74 Å². The summed E-state index contributed by atoms with van der Waals surface area (Å²) in [5.74, 6) is 0.826. The first kappa shape index (κ1) is 16.0. The van der Waals surface area contributed by atoms with Crippen LogP contribution in [0.25, 0.3) is 17.0 Å². The number of rotatable bonds is 5. The lowest BCUT2D eigenvalue weighted by Crippen LogP contribution is -1.91. The second-order valence-corrected chi connectivity index (χ2v) is 5.45. The molecule has 1 heterocycles. The molecule has 0 spiro atoms. The van der Waals surface area contributed by atoms with Crippen LogP contribution in [0, 0.1) is 0 Å². The standard InChI is InChI=1S/C19H16ClN3O/c1-24-19-7-3-2-5-14(19)6-4-11-22-23-17-10-12-21-18-13-15(20)8-9-16(17)18/h2-13H,1H3,(H,21,23)/b6-4+,22-11-. The van der Waals surface area contributed by atoms with E-state index in [1.165, 1.54) is 0 Å². The molecule has 4 nitrogen and oxygen atoms in total. The number of hydrogen-bond acceptors (Lipinski definition) is 4. The molecule has 0 saturated carbocycles. The summed E-state index contributed by atoms with van der Waals surface area (Å²) in [4.78, 5) is 4.30. The SMILES string of the molecule is COc1ccccc1/C=C/C=N\Nc1ccnc2cc(Cl)ccc12. The van der Waals surface area contributed by atoms with Gasteiger partial charge in [0.25, 0.3) is 0 Å². The van der Waals surface area contributed by atoms with Gasteiger partial charge in [-0.25, -0.2) is 0 Å². The molecule has 1 N–H and O–H groups in total. The van der Waals surface area contributed by atoms with Crippen LogP contribution in [0.2, 0.25) is 5.02 Å². The summed E-state index contributed by atoms with van der Waals surface area (Å²) in [5, 5.41) is 5.85. The summed E-state index contributed by atoms with van der Waals surface area (Å²) in [6.45, 7) is 0. The van der Waals surface area contributed by atoms with Gasteiger partial charge in [0.15, 0.2) is 0 Å². The molecule has 0 radical (unpaired) electrons. The van der Waals surface area contributed by atoms with Crippen molar-refractivity contribution < 1.29 is 4.74 Å². The normalized spacial score (nSPS) is 11.4. The van der Waals surface area contributed by atoms with E-state index in [-0.39, 0.29) is 0 Å². The Bertz CT molecular complexity index is 906. The first-order valence-corrected chi connectivity index (χ1v) is 7.79. The van der Waals surface area contributed by atoms with Crippen molar-refractivity contribution in [2.45, 2.75) is 0 Å². The Labute approximate surface area is 145 Å². The van der Waals surface area contributed by atoms with Crippen molar-refractivity contribution >= 4 is 40.5 Å². The van der Waals surface area contributed by atoms with E-state index in [1.54, 1.807) is 19.5 Å². The lowest BCUT2D eigenvalue weighted by atomic mass is 10.2. The molecule has 3 aromatic rings. The van der Waals surface area contributed by atoms with Gasteiger partial charge in [-0.1, -0.05) is 29.8 Å². The molecule has 0 aliphatic heterocycles. The Morgan fingerprint density at radius 1 is 1.17 bits per heavy atom. The Balaban J connectivity index is 1.72. The Hall–Kier alpha value is -2.85. The number of anilines is 1. The number of allylic oxidation sites excluding steroid dienone is 1. The molecule has 3 rings (SSSR count). The summed E-state index contributed by atoms with van der Waals surface area (Å²) in [5.41, 5.74) is 5.72. The highest BCUT2D eigenvalue weighted by atomic mass is 35.5. The van der Waals surface area contributed by atoms with E-state index in [0.717, 1.165) is 27.9 Å². The van der Waals surface area contributed by atoms with Crippen molar-refractivity contribution in [3.05, 3.63) is 71.4 Å². The number of hydrazone groups is 1. The zero-order valence-electron chi connectivity index (χ0n) is 13.1. The average molecular weight is 338 g/mol. The maximum absolute atomic E-state index is 5.99. The van der Waals surface area contributed by atoms with E-state index in [9.17, 15) is 0 Å². The zero-order chi connectivity index (χ0) is 16.8. The van der Waals surface area contributed by atoms with E-state index in [4.69, 9.17) is 16.3 Å². The van der Waals surface area contributed by atoms with Crippen molar-refractivity contribution in [2.75, 3.05) is 12.5 Å². The number of methoxy groups -OCH3 is 1. The number of benzene rings is 2. The number of nitrogens with one attached hydrogen (secondary N) is 1. The van der Waals surface area contributed by atoms with Crippen LogP contribution in [0.15, 0.2) is 65.9 Å². The predicted molar refractivity (Wildman–Crippen MR) is 101 cm³/mol. The van der Waals surface area contributed by atoms with Gasteiger partial charge in [-0.05, 0) is 42.5 Å². The molecular weight excluding hydrogens is 322 g/mol. The van der Waals surface area contributed by atoms with Crippen LogP contribution in [0.1, 0.15) is 5.56 Å². The van der Waals surface area contributed by atoms with Crippen molar-refractivity contribution in [2.24, 2.45) is 5.10 Å². The molecule has 24 heavy (non-hydrogen) atoms. The maximum atomic E-state index is 5.99. The number of para-hydroxylation sites is 1. The van der Waals surface area contributed by atoms with E-state index < -0.39 is 0 Å². The van der Waals surface area contributed by atoms with Crippen LogP contribution in [0.5, 0.6) is 5.75 Å². The summed E-state index contributed by atoms with van der Waals surface area (Å²) >= 11 is 5.99. The first-order chi connectivity index (χ1) is 11.8. The van der Waals surface area contributed by atoms with Gasteiger partial charge in [-0.3, -0.25) is 10.4 Å². The van der Waals surface area contributed by atoms with Crippen molar-refractivity contribution in [1.29, 1.82) is 0 Å². The lowest BCUT2D eigenvalue weighted by Gasteiger charge is -2.05. The number of hydrogen-bond donors (Lipinski definition) is 1. The van der Waals surface area contributed by atoms with Gasteiger partial charge in [0, 0.05) is 28.4 Å². The number of fused-ring (bicyclic) bond motifs is 1. The molecule has 0 atom stereocenters. The number of halogens is 1. The third-order valence-electron chi connectivity index (χ3n) is 3.47. The fourth-order valence-electron chi connectivity index (χ4n) is 2.32. The highest BCUT2D eigenvalue weighted by Gasteiger charge is 2.01. The molecule has 0 aliphatic carbocycles. The molecule has 120 valence electrons. The summed E-state index contributed by atoms with van der Waals surface area (Å²) < 4.78 is 5.30. The zero-order valence-corrected chi connectivity index (χ0v) is 13.9. The van der Waals surface area contributed by atoms with Crippen molar-refractivity contribution in [3.8, 4) is 5.75 Å². The van der Waals surface area contributed by atoms with Crippen LogP contribution in [0.4, 0.5) is 5.69 Å². The highest BCUT2D eigenvalue weighted by molar-refractivity contribution is 6.31. The molecule has 1 aromatic heterocycles. The summed E-state index contributed by atoms with van der Waals surface area (Å²) in [7, 11) is 1.66. The molecule has 0 aliphatic rings. The second kappa shape index (κ2) is 7.62. The molecule has 2 aromatic carbocycles. The fraction of sp³-hybridized carbons (Fsp3) is 0.0526. The van der Waals surface area contributed by atoms with E-state index in [2.05, 4.69) is 15.5 Å². The number of ether oxygens (including phenoxy) is 1. The quantitative estimate of drug-likeness (QED) is 0.526. The Kier molecular flexibility index (Phi) is 5.08. The third-order valence-corrected chi connectivity index (χ3v) is 3.70. The van der Waals surface area contributed by atoms with Gasteiger partial charge in [0.1, 0.15) is 5.75 Å². The largest absolute Gasteiger partial charge is 0.496 e. The third kappa shape index (κ3) is 3.73. The minimum Gasteiger partial charge on any atom is -0.496 e. The lowest BCUT2D eigenvalue weighted by molar-refractivity contribution is 0.414. The van der Waals surface area contributed by atoms with Crippen LogP contribution >= 0.6 is 11.6 Å². The van der Waals surface area contributed by atoms with Gasteiger partial charge in [-0.2, -0.15) is 5.10 Å². The highest BCUT2D eigenvalue weighted by Crippen LogP contribution is 2.24. The molecule has 0 amide bonds. The molecular formula is C19H16ClN3O. The van der Waals surface area contributed by atoms with Crippen LogP contribution in [-0.2, 0) is 0 Å². The van der Waals surface area contributed by atoms with E-state index >= 15 is 0 Å². The maximum Gasteiger partial charge on any atom is 0.126 e. The Morgan fingerprint density at radius 3 is 2.92 bits per heavy atom. The minimum atomic E-state index is 0.662. The minimum absolute atomic E-state index is 0.662. The van der Waals surface area contributed by atoms with Crippen LogP contribution in [-0.4, -0.2) is 18.3 Å². The van der Waals surface area contributed by atoms with Gasteiger partial charge in [0.05, 0.1) is 18.3 Å². The summed E-state index contributed by atoms with van der Waals surface area (Å²) in [6, 6.07) is 15.3. The fourth-order valence-corrected chi connectivity index (χ4v) is 2.49. The monoisotopic (exact) mass is 337 g/mol. The number of nitrogens with zero attached hydrogens (tertiary/aromatic N) is 2. The van der Waals surface area contributed by atoms with Crippen molar-refractivity contribution in [3.63, 3.8) is 0 Å². The predicted octanol–water partition coefficient (Wildman–Crippen LogP) is 5.01. The van der Waals surface area contributed by atoms with Gasteiger partial charge >= 0.3 is 0 Å². The number of pyridine rings is 1. The molecule has 0 fully saturated rings. The molecule has 5 heteroatoms. The van der Waals surface area contributed by atoms with Gasteiger partial charge in [-0.15, -0.1) is 0 Å². The topological polar surface area (TPSA) is 46.5 Å². The van der Waals surface area contributed by atoms with Crippen LogP contribution in [0.3, 0.4) is 0 Å². The second-order valence-electron chi connectivity index (χ2n) is 5.01. The smallest absolute Gasteiger partial charge is 0.126 e.